The normalized spacial score (nSPS) is 10.2. The molecule has 0 aromatic heterocycles. The summed E-state index contributed by atoms with van der Waals surface area (Å²) in [4.78, 5) is 11.7. The summed E-state index contributed by atoms with van der Waals surface area (Å²) in [5.41, 5.74) is 2.54. The summed E-state index contributed by atoms with van der Waals surface area (Å²) < 4.78 is 12.8. The second kappa shape index (κ2) is 6.14. The molecule has 0 aliphatic rings. The van der Waals surface area contributed by atoms with E-state index >= 15 is 0 Å². The van der Waals surface area contributed by atoms with Gasteiger partial charge in [0.05, 0.1) is 0 Å². The van der Waals surface area contributed by atoms with Crippen LogP contribution in [0.15, 0.2) is 48.5 Å². The lowest BCUT2D eigenvalue weighted by Gasteiger charge is -2.05. The minimum Gasteiger partial charge on any atom is -0.352 e. The largest absolute Gasteiger partial charge is 0.352 e. The number of halogens is 1. The molecule has 1 N–H and O–H groups in total. The molecule has 0 aliphatic carbocycles. The summed E-state index contributed by atoms with van der Waals surface area (Å²) in [5, 5.41) is 2.83. The van der Waals surface area contributed by atoms with Crippen molar-refractivity contribution in [2.45, 2.75) is 13.3 Å². The zero-order valence-corrected chi connectivity index (χ0v) is 10.8. The van der Waals surface area contributed by atoms with Gasteiger partial charge in [-0.05, 0) is 41.8 Å². The molecule has 19 heavy (non-hydrogen) atoms. The number of hydrogen-bond donors (Lipinski definition) is 1. The first-order chi connectivity index (χ1) is 9.20. The molecule has 0 fully saturated rings. The summed E-state index contributed by atoms with van der Waals surface area (Å²) >= 11 is 0. The quantitative estimate of drug-likeness (QED) is 0.890. The van der Waals surface area contributed by atoms with Gasteiger partial charge in [-0.25, -0.2) is 4.39 Å². The van der Waals surface area contributed by atoms with Gasteiger partial charge in [0.2, 0.25) is 0 Å². The first kappa shape index (κ1) is 13.3. The van der Waals surface area contributed by atoms with Crippen LogP contribution < -0.4 is 5.32 Å². The van der Waals surface area contributed by atoms with Crippen LogP contribution in [0.5, 0.6) is 0 Å². The predicted molar refractivity (Wildman–Crippen MR) is 74.5 cm³/mol. The third-order valence-electron chi connectivity index (χ3n) is 2.86. The third kappa shape index (κ3) is 3.41. The van der Waals surface area contributed by atoms with Gasteiger partial charge in [0.1, 0.15) is 5.82 Å². The molecule has 0 radical (unpaired) electrons. The smallest absolute Gasteiger partial charge is 0.251 e. The molecular weight excluding hydrogens is 241 g/mol. The van der Waals surface area contributed by atoms with E-state index in [0.29, 0.717) is 12.1 Å². The monoisotopic (exact) mass is 257 g/mol. The van der Waals surface area contributed by atoms with Crippen LogP contribution in [0.2, 0.25) is 0 Å². The van der Waals surface area contributed by atoms with Crippen molar-refractivity contribution in [1.29, 1.82) is 0 Å². The fourth-order valence-corrected chi connectivity index (χ4v) is 1.80. The highest BCUT2D eigenvalue weighted by atomic mass is 19.1. The number of hydrogen-bond acceptors (Lipinski definition) is 1. The van der Waals surface area contributed by atoms with E-state index in [2.05, 4.69) is 5.32 Å². The van der Waals surface area contributed by atoms with E-state index in [4.69, 9.17) is 0 Å². The molecule has 0 bridgehead atoms. The summed E-state index contributed by atoms with van der Waals surface area (Å²) in [7, 11) is 0. The Morgan fingerprint density at radius 2 is 1.53 bits per heavy atom. The molecule has 0 heterocycles. The van der Waals surface area contributed by atoms with Crippen LogP contribution in [0.1, 0.15) is 23.7 Å². The molecule has 2 aromatic rings. The van der Waals surface area contributed by atoms with E-state index in [9.17, 15) is 9.18 Å². The van der Waals surface area contributed by atoms with Gasteiger partial charge in [-0.2, -0.15) is 0 Å². The Morgan fingerprint density at radius 3 is 2.05 bits per heavy atom. The minimum atomic E-state index is -0.251. The van der Waals surface area contributed by atoms with Crippen LogP contribution in [0.4, 0.5) is 4.39 Å². The van der Waals surface area contributed by atoms with Crippen LogP contribution in [0.25, 0.3) is 11.1 Å². The molecule has 1 amide bonds. The molecule has 0 saturated heterocycles. The lowest BCUT2D eigenvalue weighted by Crippen LogP contribution is -2.23. The molecule has 2 aromatic carbocycles. The van der Waals surface area contributed by atoms with Gasteiger partial charge in [-0.1, -0.05) is 31.2 Å². The van der Waals surface area contributed by atoms with Crippen molar-refractivity contribution in [3.05, 3.63) is 59.9 Å². The zero-order valence-electron chi connectivity index (χ0n) is 10.8. The van der Waals surface area contributed by atoms with Crippen molar-refractivity contribution in [3.8, 4) is 11.1 Å². The van der Waals surface area contributed by atoms with Crippen LogP contribution in [0.3, 0.4) is 0 Å². The van der Waals surface area contributed by atoms with Crippen molar-refractivity contribution < 1.29 is 9.18 Å². The second-order valence-corrected chi connectivity index (χ2v) is 4.34. The zero-order chi connectivity index (χ0) is 13.7. The molecule has 2 rings (SSSR count). The van der Waals surface area contributed by atoms with Crippen LogP contribution in [-0.2, 0) is 0 Å². The number of amides is 1. The molecule has 0 spiro atoms. The van der Waals surface area contributed by atoms with E-state index in [1.807, 2.05) is 19.1 Å². The lowest BCUT2D eigenvalue weighted by molar-refractivity contribution is 0.0953. The molecule has 0 atom stereocenters. The predicted octanol–water partition coefficient (Wildman–Crippen LogP) is 3.63. The molecule has 3 heteroatoms. The number of rotatable bonds is 4. The van der Waals surface area contributed by atoms with Crippen LogP contribution in [0, 0.1) is 5.82 Å². The lowest BCUT2D eigenvalue weighted by atomic mass is 10.0. The molecule has 0 aliphatic heterocycles. The summed E-state index contributed by atoms with van der Waals surface area (Å²) in [5.74, 6) is -0.313. The average Bonchev–Trinajstić information content (AvgIpc) is 2.46. The highest BCUT2D eigenvalue weighted by Crippen LogP contribution is 2.20. The average molecular weight is 257 g/mol. The molecule has 0 saturated carbocycles. The molecule has 0 unspecified atom stereocenters. The van der Waals surface area contributed by atoms with Gasteiger partial charge in [-0.3, -0.25) is 4.79 Å². The maximum atomic E-state index is 12.8. The number of carbonyl (C=O) groups excluding carboxylic acids is 1. The minimum absolute atomic E-state index is 0.0625. The van der Waals surface area contributed by atoms with Gasteiger partial charge in [0.25, 0.3) is 5.91 Å². The Labute approximate surface area is 112 Å². The molecule has 2 nitrogen and oxygen atoms in total. The summed E-state index contributed by atoms with van der Waals surface area (Å²) in [6.07, 6.45) is 0.916. The van der Waals surface area contributed by atoms with Crippen molar-refractivity contribution in [2.75, 3.05) is 6.54 Å². The van der Waals surface area contributed by atoms with Crippen LogP contribution in [-0.4, -0.2) is 12.5 Å². The second-order valence-electron chi connectivity index (χ2n) is 4.34. The van der Waals surface area contributed by atoms with Gasteiger partial charge < -0.3 is 5.32 Å². The first-order valence-corrected chi connectivity index (χ1v) is 6.35. The Kier molecular flexibility index (Phi) is 4.29. The fraction of sp³-hybridized carbons (Fsp3) is 0.188. The Bertz CT molecular complexity index is 546. The van der Waals surface area contributed by atoms with Crippen molar-refractivity contribution >= 4 is 5.91 Å². The Balaban J connectivity index is 2.14. The van der Waals surface area contributed by atoms with Gasteiger partial charge in [-0.15, -0.1) is 0 Å². The van der Waals surface area contributed by atoms with Crippen molar-refractivity contribution in [2.24, 2.45) is 0 Å². The first-order valence-electron chi connectivity index (χ1n) is 6.35. The topological polar surface area (TPSA) is 29.1 Å². The molecule has 98 valence electrons. The van der Waals surface area contributed by atoms with Crippen LogP contribution >= 0.6 is 0 Å². The van der Waals surface area contributed by atoms with Gasteiger partial charge >= 0.3 is 0 Å². The third-order valence-corrected chi connectivity index (χ3v) is 2.86. The summed E-state index contributed by atoms with van der Waals surface area (Å²) in [6.45, 7) is 2.69. The SMILES string of the molecule is CCCNC(=O)c1ccc(-c2ccc(F)cc2)cc1. The number of nitrogens with one attached hydrogen (secondary N) is 1. The Hall–Kier alpha value is -2.16. The maximum absolute atomic E-state index is 12.8. The molecular formula is C16H16FNO. The van der Waals surface area contributed by atoms with Crippen molar-refractivity contribution in [1.82, 2.24) is 5.32 Å². The van der Waals surface area contributed by atoms with Gasteiger partial charge in [0, 0.05) is 12.1 Å². The van der Waals surface area contributed by atoms with E-state index in [0.717, 1.165) is 17.5 Å². The Morgan fingerprint density at radius 1 is 1.00 bits per heavy atom. The highest BCUT2D eigenvalue weighted by Gasteiger charge is 2.04. The number of carbonyl (C=O) groups is 1. The van der Waals surface area contributed by atoms with Crippen molar-refractivity contribution in [3.63, 3.8) is 0 Å². The fourth-order valence-electron chi connectivity index (χ4n) is 1.80. The maximum Gasteiger partial charge on any atom is 0.251 e. The van der Waals surface area contributed by atoms with E-state index < -0.39 is 0 Å². The standard InChI is InChI=1S/C16H16FNO/c1-2-11-18-16(19)14-5-3-12(4-6-14)13-7-9-15(17)10-8-13/h3-10H,2,11H2,1H3,(H,18,19). The van der Waals surface area contributed by atoms with E-state index in [1.54, 1.807) is 24.3 Å². The highest BCUT2D eigenvalue weighted by molar-refractivity contribution is 5.94. The summed E-state index contributed by atoms with van der Waals surface area (Å²) in [6, 6.07) is 13.6. The number of benzene rings is 2. The van der Waals surface area contributed by atoms with E-state index in [1.165, 1.54) is 12.1 Å². The van der Waals surface area contributed by atoms with Gasteiger partial charge in [0.15, 0.2) is 0 Å². The van der Waals surface area contributed by atoms with E-state index in [-0.39, 0.29) is 11.7 Å².